The largest absolute Gasteiger partial charge is 0.378 e. The van der Waals surface area contributed by atoms with E-state index < -0.39 is 0 Å². The molecule has 6 nitrogen and oxygen atoms in total. The van der Waals surface area contributed by atoms with Gasteiger partial charge in [-0.25, -0.2) is 4.98 Å². The van der Waals surface area contributed by atoms with Crippen LogP contribution in [0.25, 0.3) is 10.2 Å². The molecule has 0 saturated heterocycles. The lowest BCUT2D eigenvalue weighted by Gasteiger charge is -2.11. The Morgan fingerprint density at radius 2 is 2.28 bits per heavy atom. The summed E-state index contributed by atoms with van der Waals surface area (Å²) in [6.07, 6.45) is 0. The summed E-state index contributed by atoms with van der Waals surface area (Å²) in [5, 5.41) is 14.2. The summed E-state index contributed by atoms with van der Waals surface area (Å²) in [5.74, 6) is 0. The zero-order valence-electron chi connectivity index (χ0n) is 10.2. The molecule has 1 aromatic carbocycles. The summed E-state index contributed by atoms with van der Waals surface area (Å²) in [5.41, 5.74) is 2.67. The topological polar surface area (TPSA) is 71.3 Å². The predicted octanol–water partition coefficient (Wildman–Crippen LogP) is 2.18. The van der Waals surface area contributed by atoms with Crippen LogP contribution in [-0.4, -0.2) is 42.0 Å². The zero-order valence-corrected chi connectivity index (χ0v) is 11.0. The number of aromatic nitrogens is 1. The maximum absolute atomic E-state index is 11.2. The van der Waals surface area contributed by atoms with E-state index in [9.17, 15) is 10.1 Å². The number of rotatable bonds is 5. The Balaban J connectivity index is 2.31. The van der Waals surface area contributed by atoms with Crippen LogP contribution in [0.4, 0.5) is 11.4 Å². The number of hydrogen-bond acceptors (Lipinski definition) is 6. The molecule has 0 amide bonds. The van der Waals surface area contributed by atoms with Crippen LogP contribution in [0.1, 0.15) is 0 Å². The van der Waals surface area contributed by atoms with Crippen molar-refractivity contribution in [1.82, 2.24) is 9.88 Å². The second kappa shape index (κ2) is 5.28. The normalized spacial score (nSPS) is 11.1. The van der Waals surface area contributed by atoms with Gasteiger partial charge in [0, 0.05) is 13.1 Å². The number of fused-ring (bicyclic) bond motifs is 1. The number of nitrogens with one attached hydrogen (secondary N) is 1. The number of hydrogen-bond donors (Lipinski definition) is 1. The molecule has 0 atom stereocenters. The fourth-order valence-corrected chi connectivity index (χ4v) is 2.34. The summed E-state index contributed by atoms with van der Waals surface area (Å²) in [6, 6.07) is 3.60. The van der Waals surface area contributed by atoms with Gasteiger partial charge in [0.25, 0.3) is 0 Å². The fraction of sp³-hybridized carbons (Fsp3) is 0.364. The van der Waals surface area contributed by atoms with Gasteiger partial charge in [0.1, 0.15) is 5.69 Å². The summed E-state index contributed by atoms with van der Waals surface area (Å²) < 4.78 is 0.833. The fourth-order valence-electron chi connectivity index (χ4n) is 1.66. The summed E-state index contributed by atoms with van der Waals surface area (Å²) in [7, 11) is 3.92. The Kier molecular flexibility index (Phi) is 3.73. The second-order valence-corrected chi connectivity index (χ2v) is 5.03. The molecule has 0 aliphatic carbocycles. The number of anilines is 1. The quantitative estimate of drug-likeness (QED) is 0.663. The molecule has 7 heteroatoms. The van der Waals surface area contributed by atoms with Gasteiger partial charge in [-0.3, -0.25) is 10.1 Å². The zero-order chi connectivity index (χ0) is 13.1. The standard InChI is InChI=1S/C11H14N4O2S/c1-14(2)6-5-12-8-3-4-9-10(13-7-18-9)11(8)15(16)17/h3-4,7,12H,5-6H2,1-2H3. The van der Waals surface area contributed by atoms with E-state index in [1.54, 1.807) is 11.6 Å². The van der Waals surface area contributed by atoms with Crippen molar-refractivity contribution in [3.05, 3.63) is 27.8 Å². The van der Waals surface area contributed by atoms with Crippen molar-refractivity contribution in [2.45, 2.75) is 0 Å². The van der Waals surface area contributed by atoms with E-state index in [1.807, 2.05) is 25.1 Å². The first kappa shape index (κ1) is 12.7. The van der Waals surface area contributed by atoms with Gasteiger partial charge in [0.05, 0.1) is 15.1 Å². The van der Waals surface area contributed by atoms with Crippen LogP contribution in [0, 0.1) is 10.1 Å². The second-order valence-electron chi connectivity index (χ2n) is 4.15. The van der Waals surface area contributed by atoms with E-state index in [2.05, 4.69) is 10.3 Å². The first-order chi connectivity index (χ1) is 8.59. The van der Waals surface area contributed by atoms with Crippen molar-refractivity contribution in [1.29, 1.82) is 0 Å². The Bertz CT molecular complexity index is 567. The summed E-state index contributed by atoms with van der Waals surface area (Å²) >= 11 is 1.40. The van der Waals surface area contributed by atoms with Crippen LogP contribution in [0.3, 0.4) is 0 Å². The smallest absolute Gasteiger partial charge is 0.319 e. The van der Waals surface area contributed by atoms with E-state index >= 15 is 0 Å². The molecular weight excluding hydrogens is 252 g/mol. The lowest BCUT2D eigenvalue weighted by atomic mass is 10.2. The molecule has 18 heavy (non-hydrogen) atoms. The highest BCUT2D eigenvalue weighted by Crippen LogP contribution is 2.34. The molecule has 1 N–H and O–H groups in total. The van der Waals surface area contributed by atoms with Crippen molar-refractivity contribution in [2.24, 2.45) is 0 Å². The average molecular weight is 266 g/mol. The Morgan fingerprint density at radius 3 is 2.94 bits per heavy atom. The molecule has 0 unspecified atom stereocenters. The molecule has 1 aromatic heterocycles. The van der Waals surface area contributed by atoms with E-state index in [0.717, 1.165) is 11.2 Å². The highest BCUT2D eigenvalue weighted by atomic mass is 32.1. The predicted molar refractivity (Wildman–Crippen MR) is 73.3 cm³/mol. The van der Waals surface area contributed by atoms with Crippen molar-refractivity contribution in [2.75, 3.05) is 32.5 Å². The van der Waals surface area contributed by atoms with Gasteiger partial charge in [-0.05, 0) is 26.2 Å². The minimum absolute atomic E-state index is 0.0625. The minimum atomic E-state index is -0.375. The van der Waals surface area contributed by atoms with Gasteiger partial charge >= 0.3 is 5.69 Å². The van der Waals surface area contributed by atoms with Crippen LogP contribution in [0.15, 0.2) is 17.6 Å². The van der Waals surface area contributed by atoms with Crippen LogP contribution in [0.2, 0.25) is 0 Å². The molecule has 96 valence electrons. The van der Waals surface area contributed by atoms with Gasteiger partial charge in [0.2, 0.25) is 0 Å². The highest BCUT2D eigenvalue weighted by molar-refractivity contribution is 7.16. The number of nitrogens with zero attached hydrogens (tertiary/aromatic N) is 3. The van der Waals surface area contributed by atoms with Crippen molar-refractivity contribution in [3.63, 3.8) is 0 Å². The van der Waals surface area contributed by atoms with Crippen molar-refractivity contribution >= 4 is 32.9 Å². The number of likely N-dealkylation sites (N-methyl/N-ethyl adjacent to an activating group) is 1. The minimum Gasteiger partial charge on any atom is -0.378 e. The van der Waals surface area contributed by atoms with Gasteiger partial charge in [0.15, 0.2) is 5.52 Å². The lowest BCUT2D eigenvalue weighted by molar-refractivity contribution is -0.382. The van der Waals surface area contributed by atoms with E-state index in [1.165, 1.54) is 11.3 Å². The summed E-state index contributed by atoms with van der Waals surface area (Å²) in [6.45, 7) is 1.47. The van der Waals surface area contributed by atoms with Crippen LogP contribution in [0.5, 0.6) is 0 Å². The molecule has 0 saturated carbocycles. The molecule has 2 rings (SSSR count). The maximum Gasteiger partial charge on any atom is 0.319 e. The molecule has 0 bridgehead atoms. The molecule has 0 fully saturated rings. The first-order valence-electron chi connectivity index (χ1n) is 5.49. The number of benzene rings is 1. The monoisotopic (exact) mass is 266 g/mol. The molecule has 0 radical (unpaired) electrons. The van der Waals surface area contributed by atoms with Crippen LogP contribution >= 0.6 is 11.3 Å². The third-order valence-corrected chi connectivity index (χ3v) is 3.33. The summed E-state index contributed by atoms with van der Waals surface area (Å²) in [4.78, 5) is 16.9. The third-order valence-electron chi connectivity index (χ3n) is 2.53. The molecular formula is C11H14N4O2S. The van der Waals surface area contributed by atoms with E-state index in [4.69, 9.17) is 0 Å². The first-order valence-corrected chi connectivity index (χ1v) is 6.36. The Labute approximate surface area is 108 Å². The third kappa shape index (κ3) is 2.57. The Morgan fingerprint density at radius 1 is 1.50 bits per heavy atom. The molecule has 1 heterocycles. The molecule has 0 aliphatic heterocycles. The number of nitro benzene ring substituents is 1. The van der Waals surface area contributed by atoms with E-state index in [0.29, 0.717) is 17.7 Å². The van der Waals surface area contributed by atoms with Crippen LogP contribution in [-0.2, 0) is 0 Å². The van der Waals surface area contributed by atoms with Gasteiger partial charge in [-0.2, -0.15) is 0 Å². The molecule has 0 aliphatic rings. The van der Waals surface area contributed by atoms with E-state index in [-0.39, 0.29) is 10.6 Å². The average Bonchev–Trinajstić information content (AvgIpc) is 2.75. The van der Waals surface area contributed by atoms with Gasteiger partial charge < -0.3 is 10.2 Å². The highest BCUT2D eigenvalue weighted by Gasteiger charge is 2.20. The Hall–Kier alpha value is -1.73. The molecule has 2 aromatic rings. The maximum atomic E-state index is 11.2. The number of thiazole rings is 1. The number of nitro groups is 1. The SMILES string of the molecule is CN(C)CCNc1ccc2scnc2c1[N+](=O)[O-]. The van der Waals surface area contributed by atoms with Crippen molar-refractivity contribution < 1.29 is 4.92 Å². The van der Waals surface area contributed by atoms with Gasteiger partial charge in [-0.15, -0.1) is 11.3 Å². The molecule has 0 spiro atoms. The van der Waals surface area contributed by atoms with Crippen molar-refractivity contribution in [3.8, 4) is 0 Å². The van der Waals surface area contributed by atoms with Crippen LogP contribution < -0.4 is 5.32 Å². The lowest BCUT2D eigenvalue weighted by Crippen LogP contribution is -2.21. The van der Waals surface area contributed by atoms with Gasteiger partial charge in [-0.1, -0.05) is 0 Å².